The van der Waals surface area contributed by atoms with Crippen molar-refractivity contribution in [1.82, 2.24) is 9.97 Å². The smallest absolute Gasteiger partial charge is 0.236 e. The molecule has 2 heterocycles. The van der Waals surface area contributed by atoms with Crippen molar-refractivity contribution in [2.45, 2.75) is 30.2 Å². The SMILES string of the molecule is [C-]#[N+]c1c(N)nc(SCc2coc(-c3ccc(Cl)cc3)n2)c(C#N)c1-c1ccc(OCC(C)(C)O)cc1. The van der Waals surface area contributed by atoms with Crippen molar-refractivity contribution in [1.29, 1.82) is 5.26 Å². The molecule has 4 rings (SSSR count). The van der Waals surface area contributed by atoms with E-state index in [4.69, 9.17) is 33.1 Å². The molecule has 186 valence electrons. The van der Waals surface area contributed by atoms with Crippen LogP contribution in [-0.4, -0.2) is 27.3 Å². The van der Waals surface area contributed by atoms with Gasteiger partial charge in [-0.05, 0) is 55.8 Å². The van der Waals surface area contributed by atoms with Crippen LogP contribution in [0.4, 0.5) is 11.5 Å². The number of nitriles is 1. The van der Waals surface area contributed by atoms with Gasteiger partial charge in [0.25, 0.3) is 0 Å². The van der Waals surface area contributed by atoms with E-state index in [-0.39, 0.29) is 23.7 Å². The predicted molar refractivity (Wildman–Crippen MR) is 143 cm³/mol. The van der Waals surface area contributed by atoms with Crippen LogP contribution in [0.25, 0.3) is 27.4 Å². The number of nitrogen functional groups attached to an aromatic ring is 1. The number of halogens is 1. The minimum Gasteiger partial charge on any atom is -0.491 e. The first-order valence-electron chi connectivity index (χ1n) is 11.1. The number of anilines is 1. The molecule has 10 heteroatoms. The van der Waals surface area contributed by atoms with Gasteiger partial charge in [0, 0.05) is 21.9 Å². The lowest BCUT2D eigenvalue weighted by Crippen LogP contribution is -2.27. The van der Waals surface area contributed by atoms with Gasteiger partial charge in [0.2, 0.25) is 11.6 Å². The molecule has 0 aliphatic carbocycles. The first-order chi connectivity index (χ1) is 17.7. The summed E-state index contributed by atoms with van der Waals surface area (Å²) in [6.45, 7) is 11.1. The Hall–Kier alpha value is -4.02. The summed E-state index contributed by atoms with van der Waals surface area (Å²) < 4.78 is 11.2. The normalized spacial score (nSPS) is 11.1. The second kappa shape index (κ2) is 10.9. The average molecular weight is 532 g/mol. The molecular formula is C27H22ClN5O3S. The predicted octanol–water partition coefficient (Wildman–Crippen LogP) is 6.50. The number of aliphatic hydroxyl groups is 1. The average Bonchev–Trinajstić information content (AvgIpc) is 3.35. The lowest BCUT2D eigenvalue weighted by atomic mass is 10.00. The van der Waals surface area contributed by atoms with Crippen molar-refractivity contribution in [3.63, 3.8) is 0 Å². The van der Waals surface area contributed by atoms with E-state index in [1.54, 1.807) is 56.5 Å². The summed E-state index contributed by atoms with van der Waals surface area (Å²) in [6.07, 6.45) is 1.55. The van der Waals surface area contributed by atoms with Crippen LogP contribution in [0.3, 0.4) is 0 Å². The van der Waals surface area contributed by atoms with E-state index in [1.807, 2.05) is 12.1 Å². The Balaban J connectivity index is 1.61. The van der Waals surface area contributed by atoms with Crippen molar-refractivity contribution >= 4 is 34.9 Å². The van der Waals surface area contributed by atoms with E-state index < -0.39 is 5.60 Å². The Bertz CT molecular complexity index is 1500. The summed E-state index contributed by atoms with van der Waals surface area (Å²) in [5, 5.41) is 20.9. The molecule has 0 radical (unpaired) electrons. The van der Waals surface area contributed by atoms with E-state index >= 15 is 0 Å². The third-order valence-electron chi connectivity index (χ3n) is 5.12. The number of hydrogen-bond donors (Lipinski definition) is 2. The topological polar surface area (TPSA) is 123 Å². The van der Waals surface area contributed by atoms with Crippen LogP contribution in [-0.2, 0) is 5.75 Å². The molecule has 0 bridgehead atoms. The highest BCUT2D eigenvalue weighted by Gasteiger charge is 2.21. The Morgan fingerprint density at radius 1 is 1.16 bits per heavy atom. The standard InChI is InChI=1S/C27H22ClN5O3S/c1-27(2,34)15-36-20-10-6-16(7-11-20)22-21(12-29)26(33-24(30)23(22)31-3)37-14-19-13-35-25(32-19)17-4-8-18(28)9-5-17/h4-11,13,34H,14-15H2,1-2H3,(H2,30,33). The third-order valence-corrected chi connectivity index (χ3v) is 6.38. The molecule has 0 unspecified atom stereocenters. The van der Waals surface area contributed by atoms with Crippen LogP contribution in [0.15, 0.2) is 64.2 Å². The zero-order valence-electron chi connectivity index (χ0n) is 20.0. The number of pyridine rings is 1. The van der Waals surface area contributed by atoms with Crippen LogP contribution in [0.5, 0.6) is 5.75 Å². The van der Waals surface area contributed by atoms with Crippen molar-refractivity contribution < 1.29 is 14.3 Å². The fraction of sp³-hybridized carbons (Fsp3) is 0.185. The maximum atomic E-state index is 10.0. The lowest BCUT2D eigenvalue weighted by Gasteiger charge is -2.18. The summed E-state index contributed by atoms with van der Waals surface area (Å²) in [4.78, 5) is 12.4. The van der Waals surface area contributed by atoms with Crippen molar-refractivity contribution in [3.8, 4) is 34.4 Å². The van der Waals surface area contributed by atoms with Gasteiger partial charge in [0.05, 0.1) is 23.4 Å². The van der Waals surface area contributed by atoms with Crippen molar-refractivity contribution in [2.24, 2.45) is 0 Å². The molecule has 0 saturated heterocycles. The highest BCUT2D eigenvalue weighted by molar-refractivity contribution is 7.98. The number of aromatic nitrogens is 2. The van der Waals surface area contributed by atoms with Crippen molar-refractivity contribution in [2.75, 3.05) is 12.3 Å². The second-order valence-electron chi connectivity index (χ2n) is 8.69. The number of nitrogens with zero attached hydrogens (tertiary/aromatic N) is 4. The fourth-order valence-electron chi connectivity index (χ4n) is 3.39. The van der Waals surface area contributed by atoms with Gasteiger partial charge < -0.3 is 20.0 Å². The maximum absolute atomic E-state index is 10.0. The Morgan fingerprint density at radius 3 is 2.46 bits per heavy atom. The van der Waals surface area contributed by atoms with Crippen molar-refractivity contribution in [3.05, 3.63) is 82.5 Å². The molecule has 4 aromatic rings. The highest BCUT2D eigenvalue weighted by Crippen LogP contribution is 2.42. The molecule has 0 aliphatic heterocycles. The van der Waals surface area contributed by atoms with E-state index in [2.05, 4.69) is 20.9 Å². The largest absolute Gasteiger partial charge is 0.491 e. The molecule has 0 atom stereocenters. The van der Waals surface area contributed by atoms with Gasteiger partial charge in [-0.25, -0.2) is 14.8 Å². The van der Waals surface area contributed by atoms with E-state index in [1.165, 1.54) is 11.8 Å². The highest BCUT2D eigenvalue weighted by atomic mass is 35.5. The summed E-state index contributed by atoms with van der Waals surface area (Å²) in [5.41, 5.74) is 7.99. The molecule has 37 heavy (non-hydrogen) atoms. The van der Waals surface area contributed by atoms with Gasteiger partial charge >= 0.3 is 0 Å². The van der Waals surface area contributed by atoms with Crippen LogP contribution in [0.2, 0.25) is 5.02 Å². The molecule has 2 aromatic heterocycles. The molecule has 2 aromatic carbocycles. The van der Waals surface area contributed by atoms with Gasteiger partial charge in [-0.2, -0.15) is 5.26 Å². The van der Waals surface area contributed by atoms with Gasteiger partial charge in [0.1, 0.15) is 35.5 Å². The lowest BCUT2D eigenvalue weighted by molar-refractivity contribution is 0.0285. The molecule has 0 aliphatic rings. The Kier molecular flexibility index (Phi) is 7.70. The van der Waals surface area contributed by atoms with Crippen LogP contribution < -0.4 is 10.5 Å². The molecule has 8 nitrogen and oxygen atoms in total. The number of hydrogen-bond acceptors (Lipinski definition) is 8. The molecule has 0 spiro atoms. The van der Waals surface area contributed by atoms with Crippen LogP contribution in [0, 0.1) is 17.9 Å². The molecule has 3 N–H and O–H groups in total. The third kappa shape index (κ3) is 6.22. The molecule has 0 saturated carbocycles. The van der Waals surface area contributed by atoms with Crippen LogP contribution in [0.1, 0.15) is 25.1 Å². The molecular weight excluding hydrogens is 510 g/mol. The van der Waals surface area contributed by atoms with Crippen LogP contribution >= 0.6 is 23.4 Å². The number of nitrogens with two attached hydrogens (primary N) is 1. The molecule has 0 amide bonds. The summed E-state index contributed by atoms with van der Waals surface area (Å²) in [5.74, 6) is 1.42. The first-order valence-corrected chi connectivity index (χ1v) is 12.4. The number of thioether (sulfide) groups is 1. The fourth-order valence-corrected chi connectivity index (χ4v) is 4.39. The number of rotatable bonds is 8. The summed E-state index contributed by atoms with van der Waals surface area (Å²) >= 11 is 7.23. The summed E-state index contributed by atoms with van der Waals surface area (Å²) in [7, 11) is 0. The minimum atomic E-state index is -0.977. The van der Waals surface area contributed by atoms with Gasteiger partial charge in [-0.15, -0.1) is 0 Å². The zero-order chi connectivity index (χ0) is 26.6. The second-order valence-corrected chi connectivity index (χ2v) is 10.1. The van der Waals surface area contributed by atoms with E-state index in [9.17, 15) is 10.4 Å². The first kappa shape index (κ1) is 26.1. The van der Waals surface area contributed by atoms with E-state index in [0.717, 1.165) is 5.56 Å². The molecule has 0 fully saturated rings. The van der Waals surface area contributed by atoms with Gasteiger partial charge in [-0.1, -0.05) is 35.5 Å². The van der Waals surface area contributed by atoms with Gasteiger partial charge in [-0.3, -0.25) is 0 Å². The monoisotopic (exact) mass is 531 g/mol. The minimum absolute atomic E-state index is 0.0378. The number of oxazole rings is 1. The quantitative estimate of drug-likeness (QED) is 0.195. The number of ether oxygens (including phenoxy) is 1. The van der Waals surface area contributed by atoms with E-state index in [0.29, 0.717) is 44.3 Å². The zero-order valence-corrected chi connectivity index (χ0v) is 21.6. The maximum Gasteiger partial charge on any atom is 0.236 e. The summed E-state index contributed by atoms with van der Waals surface area (Å²) in [6, 6.07) is 16.3. The van der Waals surface area contributed by atoms with Gasteiger partial charge in [0.15, 0.2) is 0 Å². The Morgan fingerprint density at radius 2 is 1.84 bits per heavy atom. The number of benzene rings is 2. The Labute approximate surface area is 223 Å².